The highest BCUT2D eigenvalue weighted by Gasteiger charge is 2.30. The van der Waals surface area contributed by atoms with Gasteiger partial charge in [0.1, 0.15) is 10.7 Å². The zero-order valence-electron chi connectivity index (χ0n) is 11.8. The molecule has 122 valence electrons. The standard InChI is InChI=1S/C16H8BrCl2NO3S/c17-9-5-7-10(8-6-9)24(22,23)20-15-11-3-1-2-4-12(11)16(21)14(19)13(15)18/h1-8H. The van der Waals surface area contributed by atoms with E-state index in [2.05, 4.69) is 20.3 Å². The number of rotatable bonds is 2. The summed E-state index contributed by atoms with van der Waals surface area (Å²) in [5, 5.41) is -0.429. The van der Waals surface area contributed by atoms with Crippen LogP contribution < -0.4 is 0 Å². The van der Waals surface area contributed by atoms with Gasteiger partial charge in [-0.25, -0.2) is 0 Å². The molecule has 0 fully saturated rings. The van der Waals surface area contributed by atoms with Gasteiger partial charge in [-0.3, -0.25) is 4.79 Å². The second-order valence-corrected chi connectivity index (χ2v) is 8.15. The lowest BCUT2D eigenvalue weighted by molar-refractivity contribution is 0.104. The first-order valence-electron chi connectivity index (χ1n) is 6.61. The summed E-state index contributed by atoms with van der Waals surface area (Å²) in [6, 6.07) is 12.5. The highest BCUT2D eigenvalue weighted by molar-refractivity contribution is 9.10. The molecule has 0 unspecified atom stereocenters. The van der Waals surface area contributed by atoms with Crippen molar-refractivity contribution in [3.8, 4) is 0 Å². The maximum absolute atomic E-state index is 12.5. The summed E-state index contributed by atoms with van der Waals surface area (Å²) < 4.78 is 29.6. The molecule has 0 radical (unpaired) electrons. The summed E-state index contributed by atoms with van der Waals surface area (Å²) in [6.07, 6.45) is 0. The number of benzene rings is 2. The lowest BCUT2D eigenvalue weighted by atomic mass is 9.94. The van der Waals surface area contributed by atoms with Gasteiger partial charge in [0.15, 0.2) is 0 Å². The highest BCUT2D eigenvalue weighted by atomic mass is 79.9. The number of nitrogens with zero attached hydrogens (tertiary/aromatic N) is 1. The first kappa shape index (κ1) is 17.4. The minimum Gasteiger partial charge on any atom is -0.288 e. The average Bonchev–Trinajstić information content (AvgIpc) is 2.57. The van der Waals surface area contributed by atoms with E-state index in [-0.39, 0.29) is 26.2 Å². The lowest BCUT2D eigenvalue weighted by Gasteiger charge is -2.17. The Bertz CT molecular complexity index is 1010. The van der Waals surface area contributed by atoms with Gasteiger partial charge in [0.2, 0.25) is 5.78 Å². The van der Waals surface area contributed by atoms with E-state index in [1.807, 2.05) is 0 Å². The summed E-state index contributed by atoms with van der Waals surface area (Å²) in [5.41, 5.74) is 0.550. The van der Waals surface area contributed by atoms with Gasteiger partial charge in [-0.1, -0.05) is 63.4 Å². The number of halogens is 3. The Morgan fingerprint density at radius 3 is 2.08 bits per heavy atom. The van der Waals surface area contributed by atoms with Crippen LogP contribution in [0.2, 0.25) is 0 Å². The van der Waals surface area contributed by atoms with Crippen LogP contribution in [0, 0.1) is 0 Å². The predicted molar refractivity (Wildman–Crippen MR) is 97.4 cm³/mol. The van der Waals surface area contributed by atoms with Crippen molar-refractivity contribution in [2.45, 2.75) is 4.90 Å². The summed E-state index contributed by atoms with van der Waals surface area (Å²) >= 11 is 15.3. The molecule has 0 bridgehead atoms. The molecule has 3 rings (SSSR count). The molecule has 0 heterocycles. The number of allylic oxidation sites excluding steroid dienone is 2. The van der Waals surface area contributed by atoms with Crippen molar-refractivity contribution >= 4 is 60.7 Å². The summed E-state index contributed by atoms with van der Waals surface area (Å²) in [4.78, 5) is 12.2. The molecule has 0 spiro atoms. The summed E-state index contributed by atoms with van der Waals surface area (Å²) in [6.45, 7) is 0. The number of hydrogen-bond donors (Lipinski definition) is 0. The van der Waals surface area contributed by atoms with Crippen molar-refractivity contribution in [3.05, 3.63) is 74.2 Å². The highest BCUT2D eigenvalue weighted by Crippen LogP contribution is 2.32. The number of sulfonamides is 1. The number of carbonyl (C=O) groups is 1. The first-order chi connectivity index (χ1) is 11.3. The maximum Gasteiger partial charge on any atom is 0.282 e. The van der Waals surface area contributed by atoms with E-state index in [4.69, 9.17) is 23.2 Å². The van der Waals surface area contributed by atoms with Crippen molar-refractivity contribution in [2.24, 2.45) is 4.40 Å². The zero-order valence-corrected chi connectivity index (χ0v) is 15.7. The first-order valence-corrected chi connectivity index (χ1v) is 9.60. The van der Waals surface area contributed by atoms with E-state index in [0.29, 0.717) is 5.56 Å². The van der Waals surface area contributed by atoms with E-state index in [9.17, 15) is 13.2 Å². The van der Waals surface area contributed by atoms with E-state index >= 15 is 0 Å². The second kappa shape index (κ2) is 6.44. The molecule has 1 aliphatic carbocycles. The van der Waals surface area contributed by atoms with Gasteiger partial charge in [-0.05, 0) is 24.3 Å². The van der Waals surface area contributed by atoms with E-state index < -0.39 is 15.8 Å². The Morgan fingerprint density at radius 1 is 0.875 bits per heavy atom. The molecule has 1 aliphatic rings. The summed E-state index contributed by atoms with van der Waals surface area (Å²) in [7, 11) is -4.01. The smallest absolute Gasteiger partial charge is 0.282 e. The molecule has 0 N–H and O–H groups in total. The quantitative estimate of drug-likeness (QED) is 0.684. The molecule has 2 aromatic carbocycles. The molecule has 2 aromatic rings. The van der Waals surface area contributed by atoms with Crippen molar-refractivity contribution in [3.63, 3.8) is 0 Å². The van der Waals surface area contributed by atoms with Gasteiger partial charge in [0.05, 0.1) is 9.93 Å². The third-order valence-corrected chi connectivity index (χ3v) is 5.99. The van der Waals surface area contributed by atoms with Crippen LogP contribution >= 0.6 is 39.1 Å². The topological polar surface area (TPSA) is 63.6 Å². The Labute approximate surface area is 157 Å². The minimum absolute atomic E-state index is 0.00757. The molecule has 0 atom stereocenters. The van der Waals surface area contributed by atoms with Crippen LogP contribution in [-0.4, -0.2) is 19.9 Å². The SMILES string of the molecule is O=C1C(Cl)=C(Cl)C(=NS(=O)(=O)c2ccc(Br)cc2)c2ccccc21. The largest absolute Gasteiger partial charge is 0.288 e. The number of carbonyl (C=O) groups excluding carboxylic acids is 1. The molecule has 0 saturated carbocycles. The molecule has 0 aliphatic heterocycles. The number of ketones is 1. The van der Waals surface area contributed by atoms with E-state index in [1.54, 1.807) is 36.4 Å². The normalized spacial score (nSPS) is 16.5. The lowest BCUT2D eigenvalue weighted by Crippen LogP contribution is -2.19. The number of fused-ring (bicyclic) bond motifs is 1. The third-order valence-electron chi connectivity index (χ3n) is 3.35. The molecule has 8 heteroatoms. The predicted octanol–water partition coefficient (Wildman–Crippen LogP) is 4.51. The van der Waals surface area contributed by atoms with Crippen LogP contribution in [-0.2, 0) is 10.0 Å². The van der Waals surface area contributed by atoms with Gasteiger partial charge < -0.3 is 0 Å². The molecular formula is C16H8BrCl2NO3S. The molecule has 0 saturated heterocycles. The van der Waals surface area contributed by atoms with Crippen molar-refractivity contribution in [1.29, 1.82) is 0 Å². The van der Waals surface area contributed by atoms with Crippen LogP contribution in [0.5, 0.6) is 0 Å². The van der Waals surface area contributed by atoms with Crippen molar-refractivity contribution in [2.75, 3.05) is 0 Å². The van der Waals surface area contributed by atoms with Gasteiger partial charge >= 0.3 is 0 Å². The van der Waals surface area contributed by atoms with Gasteiger partial charge in [0, 0.05) is 15.6 Å². The number of Topliss-reactive ketones (excluding diaryl/α,β-unsaturated/α-hetero) is 1. The van der Waals surface area contributed by atoms with E-state index in [1.165, 1.54) is 12.1 Å². The van der Waals surface area contributed by atoms with Crippen LogP contribution in [0.25, 0.3) is 0 Å². The Kier molecular flexibility index (Phi) is 4.66. The van der Waals surface area contributed by atoms with Gasteiger partial charge in [0.25, 0.3) is 10.0 Å². The average molecular weight is 445 g/mol. The fraction of sp³-hybridized carbons (Fsp3) is 0. The fourth-order valence-electron chi connectivity index (χ4n) is 2.20. The molecule has 0 amide bonds. The maximum atomic E-state index is 12.5. The van der Waals surface area contributed by atoms with Crippen molar-refractivity contribution in [1.82, 2.24) is 0 Å². The third kappa shape index (κ3) is 3.07. The van der Waals surface area contributed by atoms with Gasteiger partial charge in [-0.15, -0.1) is 0 Å². The van der Waals surface area contributed by atoms with Crippen molar-refractivity contribution < 1.29 is 13.2 Å². The van der Waals surface area contributed by atoms with Crippen LogP contribution in [0.1, 0.15) is 15.9 Å². The Morgan fingerprint density at radius 2 is 1.46 bits per heavy atom. The van der Waals surface area contributed by atoms with Crippen LogP contribution in [0.15, 0.2) is 72.4 Å². The Balaban J connectivity index is 2.21. The second-order valence-electron chi connectivity index (χ2n) is 4.87. The monoisotopic (exact) mass is 443 g/mol. The molecule has 0 aromatic heterocycles. The summed E-state index contributed by atoms with van der Waals surface area (Å²) in [5.74, 6) is -0.461. The van der Waals surface area contributed by atoms with E-state index in [0.717, 1.165) is 4.47 Å². The van der Waals surface area contributed by atoms with Crippen LogP contribution in [0.3, 0.4) is 0 Å². The number of hydrogen-bond acceptors (Lipinski definition) is 3. The zero-order chi connectivity index (χ0) is 17.5. The fourth-order valence-corrected chi connectivity index (χ4v) is 3.95. The molecular weight excluding hydrogens is 437 g/mol. The van der Waals surface area contributed by atoms with Gasteiger partial charge in [-0.2, -0.15) is 12.8 Å². The Hall–Kier alpha value is -1.47. The molecule has 24 heavy (non-hydrogen) atoms. The minimum atomic E-state index is -4.01. The van der Waals surface area contributed by atoms with Crippen LogP contribution in [0.4, 0.5) is 0 Å². The molecule has 4 nitrogen and oxygen atoms in total.